The third-order valence-electron chi connectivity index (χ3n) is 3.61. The number of nitrogens with zero attached hydrogens (tertiary/aromatic N) is 1. The van der Waals surface area contributed by atoms with Crippen LogP contribution in [0.5, 0.6) is 0 Å². The maximum absolute atomic E-state index is 13.7. The van der Waals surface area contributed by atoms with E-state index in [-0.39, 0.29) is 5.82 Å². The Balaban J connectivity index is 2.16. The van der Waals surface area contributed by atoms with Gasteiger partial charge in [0.15, 0.2) is 0 Å². The molecule has 1 fully saturated rings. The number of hydrogen-bond acceptors (Lipinski definition) is 3. The second kappa shape index (κ2) is 7.22. The smallest absolute Gasteiger partial charge is 0.328 e. The van der Waals surface area contributed by atoms with Gasteiger partial charge < -0.3 is 14.7 Å². The molecule has 1 aliphatic heterocycles. The molecule has 1 aromatic carbocycles. The molecule has 0 radical (unpaired) electrons. The molecule has 1 N–H and O–H groups in total. The number of anilines is 1. The summed E-state index contributed by atoms with van der Waals surface area (Å²) >= 11 is 0. The van der Waals surface area contributed by atoms with Crippen molar-refractivity contribution in [1.29, 1.82) is 0 Å². The fourth-order valence-electron chi connectivity index (χ4n) is 2.71. The van der Waals surface area contributed by atoms with E-state index in [1.54, 1.807) is 7.11 Å². The monoisotopic (exact) mass is 293 g/mol. The fraction of sp³-hybridized carbons (Fsp3) is 0.438. The van der Waals surface area contributed by atoms with Crippen molar-refractivity contribution in [2.24, 2.45) is 5.92 Å². The lowest BCUT2D eigenvalue weighted by atomic mass is 9.98. The molecule has 1 heterocycles. The number of carbonyl (C=O) groups is 1. The maximum atomic E-state index is 13.7. The van der Waals surface area contributed by atoms with E-state index in [2.05, 4.69) is 4.90 Å². The fourth-order valence-corrected chi connectivity index (χ4v) is 2.71. The van der Waals surface area contributed by atoms with Gasteiger partial charge in [-0.25, -0.2) is 9.18 Å². The molecule has 1 saturated heterocycles. The minimum Gasteiger partial charge on any atom is -0.478 e. The molecule has 0 aromatic heterocycles. The Hall–Kier alpha value is -1.88. The lowest BCUT2D eigenvalue weighted by Crippen LogP contribution is -2.37. The predicted molar refractivity (Wildman–Crippen MR) is 79.9 cm³/mol. The van der Waals surface area contributed by atoms with Gasteiger partial charge in [-0.05, 0) is 48.6 Å². The highest BCUT2D eigenvalue weighted by Gasteiger charge is 2.20. The number of piperidine rings is 1. The molecule has 5 heteroatoms. The molecule has 0 aliphatic carbocycles. The van der Waals surface area contributed by atoms with Crippen LogP contribution in [0, 0.1) is 11.7 Å². The summed E-state index contributed by atoms with van der Waals surface area (Å²) in [5.74, 6) is -0.949. The molecule has 2 rings (SSSR count). The van der Waals surface area contributed by atoms with Gasteiger partial charge in [0.2, 0.25) is 0 Å². The first-order valence-corrected chi connectivity index (χ1v) is 7.04. The highest BCUT2D eigenvalue weighted by molar-refractivity contribution is 5.85. The van der Waals surface area contributed by atoms with E-state index < -0.39 is 5.97 Å². The van der Waals surface area contributed by atoms with Crippen LogP contribution in [0.25, 0.3) is 6.08 Å². The van der Waals surface area contributed by atoms with Crippen LogP contribution < -0.4 is 4.90 Å². The summed E-state index contributed by atoms with van der Waals surface area (Å²) in [5, 5.41) is 8.65. The maximum Gasteiger partial charge on any atom is 0.328 e. The standard InChI is InChI=1S/C16H20FNO3/c1-21-11-13-3-2-6-18(10-13)15-8-12(4-5-16(19)20)7-14(17)9-15/h4-5,7-9,13H,2-3,6,10-11H2,1H3,(H,19,20)/b5-4+. The largest absolute Gasteiger partial charge is 0.478 e. The molecule has 0 amide bonds. The molecule has 0 saturated carbocycles. The summed E-state index contributed by atoms with van der Waals surface area (Å²) in [5.41, 5.74) is 1.35. The highest BCUT2D eigenvalue weighted by atomic mass is 19.1. The zero-order valence-corrected chi connectivity index (χ0v) is 12.1. The number of methoxy groups -OCH3 is 1. The number of aliphatic carboxylic acids is 1. The molecule has 0 bridgehead atoms. The van der Waals surface area contributed by atoms with Crippen molar-refractivity contribution >= 4 is 17.7 Å². The summed E-state index contributed by atoms with van der Waals surface area (Å²) in [6.45, 7) is 2.42. The van der Waals surface area contributed by atoms with Crippen LogP contribution in [0.2, 0.25) is 0 Å². The second-order valence-corrected chi connectivity index (χ2v) is 5.32. The molecular formula is C16H20FNO3. The molecular weight excluding hydrogens is 273 g/mol. The number of carboxylic acids is 1. The Morgan fingerprint density at radius 3 is 3.05 bits per heavy atom. The van der Waals surface area contributed by atoms with E-state index in [1.165, 1.54) is 18.2 Å². The van der Waals surface area contributed by atoms with Crippen LogP contribution in [0.3, 0.4) is 0 Å². The van der Waals surface area contributed by atoms with E-state index in [0.29, 0.717) is 18.1 Å². The van der Waals surface area contributed by atoms with Gasteiger partial charge in [-0.15, -0.1) is 0 Å². The van der Waals surface area contributed by atoms with Crippen LogP contribution in [-0.2, 0) is 9.53 Å². The third-order valence-corrected chi connectivity index (χ3v) is 3.61. The lowest BCUT2D eigenvalue weighted by Gasteiger charge is -2.34. The summed E-state index contributed by atoms with van der Waals surface area (Å²) in [4.78, 5) is 12.7. The van der Waals surface area contributed by atoms with Gasteiger partial charge in [-0.2, -0.15) is 0 Å². The Labute approximate surface area is 123 Å². The lowest BCUT2D eigenvalue weighted by molar-refractivity contribution is -0.131. The Kier molecular flexibility index (Phi) is 5.33. The second-order valence-electron chi connectivity index (χ2n) is 5.32. The topological polar surface area (TPSA) is 49.8 Å². The molecule has 1 aromatic rings. The first-order valence-electron chi connectivity index (χ1n) is 7.04. The molecule has 1 unspecified atom stereocenters. The first-order chi connectivity index (χ1) is 10.1. The SMILES string of the molecule is COCC1CCCN(c2cc(F)cc(/C=C/C(=O)O)c2)C1. The summed E-state index contributed by atoms with van der Waals surface area (Å²) in [6.07, 6.45) is 4.59. The highest BCUT2D eigenvalue weighted by Crippen LogP contribution is 2.25. The normalized spacial score (nSPS) is 19.1. The Bertz CT molecular complexity index is 528. The summed E-state index contributed by atoms with van der Waals surface area (Å²) in [7, 11) is 1.69. The zero-order valence-electron chi connectivity index (χ0n) is 12.1. The van der Waals surface area contributed by atoms with Gasteiger partial charge in [0.05, 0.1) is 6.61 Å². The van der Waals surface area contributed by atoms with Crippen LogP contribution in [0.15, 0.2) is 24.3 Å². The van der Waals surface area contributed by atoms with Gasteiger partial charge in [-0.1, -0.05) is 0 Å². The van der Waals surface area contributed by atoms with Crippen LogP contribution in [0.1, 0.15) is 18.4 Å². The third kappa shape index (κ3) is 4.56. The van der Waals surface area contributed by atoms with Crippen molar-refractivity contribution in [3.8, 4) is 0 Å². The number of rotatable bonds is 5. The van der Waals surface area contributed by atoms with Crippen molar-refractivity contribution in [2.45, 2.75) is 12.8 Å². The first kappa shape index (κ1) is 15.5. The van der Waals surface area contributed by atoms with E-state index in [9.17, 15) is 9.18 Å². The number of halogens is 1. The van der Waals surface area contributed by atoms with Crippen molar-refractivity contribution in [3.63, 3.8) is 0 Å². The molecule has 21 heavy (non-hydrogen) atoms. The molecule has 1 aliphatic rings. The summed E-state index contributed by atoms with van der Waals surface area (Å²) < 4.78 is 18.9. The van der Waals surface area contributed by atoms with Crippen LogP contribution in [0.4, 0.5) is 10.1 Å². The molecule has 0 spiro atoms. The average Bonchev–Trinajstić information content (AvgIpc) is 2.45. The van der Waals surface area contributed by atoms with E-state index in [4.69, 9.17) is 9.84 Å². The van der Waals surface area contributed by atoms with Gasteiger partial charge in [-0.3, -0.25) is 0 Å². The van der Waals surface area contributed by atoms with Crippen molar-refractivity contribution in [1.82, 2.24) is 0 Å². The summed E-state index contributed by atoms with van der Waals surface area (Å²) in [6, 6.07) is 4.64. The minimum atomic E-state index is -1.04. The van der Waals surface area contributed by atoms with Crippen molar-refractivity contribution < 1.29 is 19.0 Å². The molecule has 1 atom stereocenters. The number of carboxylic acid groups (broad SMARTS) is 1. The molecule has 4 nitrogen and oxygen atoms in total. The van der Waals surface area contributed by atoms with Gasteiger partial charge in [0.1, 0.15) is 5.82 Å². The average molecular weight is 293 g/mol. The van der Waals surface area contributed by atoms with E-state index in [1.807, 2.05) is 6.07 Å². The van der Waals surface area contributed by atoms with Crippen molar-refractivity contribution in [2.75, 3.05) is 31.7 Å². The number of benzene rings is 1. The molecule has 114 valence electrons. The van der Waals surface area contributed by atoms with Crippen molar-refractivity contribution in [3.05, 3.63) is 35.7 Å². The Morgan fingerprint density at radius 2 is 2.33 bits per heavy atom. The quantitative estimate of drug-likeness (QED) is 0.848. The van der Waals surface area contributed by atoms with E-state index >= 15 is 0 Å². The Morgan fingerprint density at radius 1 is 1.52 bits per heavy atom. The minimum absolute atomic E-state index is 0.355. The van der Waals surface area contributed by atoms with Gasteiger partial charge in [0, 0.05) is 32.0 Å². The number of hydrogen-bond donors (Lipinski definition) is 1. The van der Waals surface area contributed by atoms with Crippen LogP contribution >= 0.6 is 0 Å². The van der Waals surface area contributed by atoms with Crippen LogP contribution in [-0.4, -0.2) is 37.9 Å². The van der Waals surface area contributed by atoms with Gasteiger partial charge >= 0.3 is 5.97 Å². The zero-order chi connectivity index (χ0) is 15.2. The van der Waals surface area contributed by atoms with Gasteiger partial charge in [0.25, 0.3) is 0 Å². The predicted octanol–water partition coefficient (Wildman–Crippen LogP) is 2.79. The van der Waals surface area contributed by atoms with E-state index in [0.717, 1.165) is 37.7 Å². The number of ether oxygens (including phenoxy) is 1.